The van der Waals surface area contributed by atoms with E-state index < -0.39 is 15.7 Å². The molecule has 1 amide bonds. The molecule has 1 heterocycles. The third kappa shape index (κ3) is 5.21. The van der Waals surface area contributed by atoms with Gasteiger partial charge in [-0.05, 0) is 24.5 Å². The number of nitrogens with zero attached hydrogens (tertiary/aromatic N) is 3. The largest absolute Gasteiger partial charge is 0.296 e. The van der Waals surface area contributed by atoms with E-state index in [0.717, 1.165) is 16.9 Å². The number of hydrogen-bond acceptors (Lipinski definition) is 7. The van der Waals surface area contributed by atoms with E-state index in [1.54, 1.807) is 26.0 Å². The summed E-state index contributed by atoms with van der Waals surface area (Å²) < 4.78 is 24.1. The molecule has 0 aliphatic carbocycles. The minimum absolute atomic E-state index is 0.0300. The van der Waals surface area contributed by atoms with E-state index in [2.05, 4.69) is 15.5 Å². The molecule has 2 aromatic rings. The molecule has 0 atom stereocenters. The van der Waals surface area contributed by atoms with Crippen molar-refractivity contribution in [3.8, 4) is 6.07 Å². The lowest BCUT2D eigenvalue weighted by Crippen LogP contribution is -2.13. The first-order valence-corrected chi connectivity index (χ1v) is 10.2. The smallest absolute Gasteiger partial charge is 0.268 e. The average Bonchev–Trinajstić information content (AvgIpc) is 3.02. The molecule has 2 rings (SSSR count). The zero-order valence-electron chi connectivity index (χ0n) is 14.6. The van der Waals surface area contributed by atoms with E-state index >= 15 is 0 Å². The van der Waals surface area contributed by atoms with Gasteiger partial charge in [0.1, 0.15) is 11.6 Å². The number of sulfone groups is 1. The van der Waals surface area contributed by atoms with Crippen LogP contribution < -0.4 is 5.32 Å². The summed E-state index contributed by atoms with van der Waals surface area (Å²) in [6, 6.07) is 9.16. The Balaban J connectivity index is 2.16. The second-order valence-electron chi connectivity index (χ2n) is 6.08. The predicted octanol–water partition coefficient (Wildman–Crippen LogP) is 2.82. The van der Waals surface area contributed by atoms with Crippen LogP contribution in [0.4, 0.5) is 5.13 Å². The van der Waals surface area contributed by atoms with Gasteiger partial charge in [0.05, 0.1) is 5.75 Å². The molecule has 0 aliphatic rings. The third-order valence-electron chi connectivity index (χ3n) is 3.20. The Bertz CT molecular complexity index is 968. The zero-order chi connectivity index (χ0) is 19.3. The first kappa shape index (κ1) is 19.8. The molecule has 1 N–H and O–H groups in total. The number of aromatic nitrogens is 2. The van der Waals surface area contributed by atoms with Crippen LogP contribution >= 0.6 is 11.3 Å². The highest BCUT2D eigenvalue weighted by Crippen LogP contribution is 2.23. The van der Waals surface area contributed by atoms with Gasteiger partial charge in [-0.25, -0.2) is 8.42 Å². The summed E-state index contributed by atoms with van der Waals surface area (Å²) in [7, 11) is -3.54. The topological polar surface area (TPSA) is 113 Å². The van der Waals surface area contributed by atoms with E-state index in [1.807, 2.05) is 25.1 Å². The van der Waals surface area contributed by atoms with Crippen molar-refractivity contribution >= 4 is 38.3 Å². The molecule has 0 saturated carbocycles. The summed E-state index contributed by atoms with van der Waals surface area (Å²) in [5, 5.41) is 19.0. The highest BCUT2D eigenvalue weighted by molar-refractivity contribution is 7.93. The van der Waals surface area contributed by atoms with Crippen molar-refractivity contribution in [2.75, 3.05) is 11.1 Å². The Labute approximate surface area is 156 Å². The first-order valence-electron chi connectivity index (χ1n) is 7.77. The zero-order valence-corrected chi connectivity index (χ0v) is 16.2. The van der Waals surface area contributed by atoms with Gasteiger partial charge in [-0.1, -0.05) is 55.0 Å². The average molecular weight is 390 g/mol. The lowest BCUT2D eigenvalue weighted by atomic mass is 10.1. The molecule has 1 aromatic heterocycles. The van der Waals surface area contributed by atoms with Crippen LogP contribution in [0.15, 0.2) is 34.2 Å². The molecule has 1 aromatic carbocycles. The van der Waals surface area contributed by atoms with Gasteiger partial charge in [0.15, 0.2) is 0 Å². The fourth-order valence-electron chi connectivity index (χ4n) is 2.04. The number of rotatable bonds is 6. The maximum atomic E-state index is 12.2. The Kier molecular flexibility index (Phi) is 6.23. The number of anilines is 1. The van der Waals surface area contributed by atoms with Gasteiger partial charge in [0.25, 0.3) is 5.91 Å². The minimum atomic E-state index is -3.54. The quantitative estimate of drug-likeness (QED) is 0.461. The Morgan fingerprint density at radius 1 is 1.31 bits per heavy atom. The Hall–Kier alpha value is -2.57. The van der Waals surface area contributed by atoms with Gasteiger partial charge >= 0.3 is 0 Å². The normalized spacial score (nSPS) is 12.0. The van der Waals surface area contributed by atoms with Gasteiger partial charge in [-0.2, -0.15) is 5.26 Å². The van der Waals surface area contributed by atoms with Crippen LogP contribution in [0.5, 0.6) is 0 Å². The fraction of sp³-hybridized carbons (Fsp3) is 0.294. The molecule has 136 valence electrons. The second-order valence-corrected chi connectivity index (χ2v) is 9.27. The lowest BCUT2D eigenvalue weighted by molar-refractivity contribution is -0.112. The molecule has 0 saturated heterocycles. The molecule has 0 unspecified atom stereocenters. The van der Waals surface area contributed by atoms with Gasteiger partial charge in [-0.15, -0.1) is 10.2 Å². The van der Waals surface area contributed by atoms with E-state index in [-0.39, 0.29) is 26.7 Å². The molecule has 0 spiro atoms. The summed E-state index contributed by atoms with van der Waals surface area (Å²) in [5.41, 5.74) is 1.66. The number of amides is 1. The molecular weight excluding hydrogens is 372 g/mol. The van der Waals surface area contributed by atoms with Gasteiger partial charge in [0.2, 0.25) is 19.3 Å². The van der Waals surface area contributed by atoms with Crippen molar-refractivity contribution in [1.29, 1.82) is 5.26 Å². The minimum Gasteiger partial charge on any atom is -0.296 e. The molecule has 9 heteroatoms. The first-order chi connectivity index (χ1) is 12.2. The highest BCUT2D eigenvalue weighted by Gasteiger charge is 2.22. The SMILES string of the molecule is Cc1ccc(/C=C(/C#N)C(=O)Nc2nnc(S(=O)(=O)CC(C)C)s2)cc1. The van der Waals surface area contributed by atoms with E-state index in [1.165, 1.54) is 6.08 Å². The van der Waals surface area contributed by atoms with Crippen LogP contribution in [0.2, 0.25) is 0 Å². The number of carbonyl (C=O) groups is 1. The van der Waals surface area contributed by atoms with Crippen LogP contribution in [0.1, 0.15) is 25.0 Å². The number of aryl methyl sites for hydroxylation is 1. The highest BCUT2D eigenvalue weighted by atomic mass is 32.2. The standard InChI is InChI=1S/C17H18N4O3S2/c1-11(2)10-26(23,24)17-21-20-16(25-17)19-15(22)14(9-18)8-13-6-4-12(3)5-7-13/h4-8,11H,10H2,1-3H3,(H,19,20,22)/b14-8-. The number of hydrogen-bond donors (Lipinski definition) is 1. The van der Waals surface area contributed by atoms with Gasteiger partial charge < -0.3 is 0 Å². The van der Waals surface area contributed by atoms with Crippen molar-refractivity contribution < 1.29 is 13.2 Å². The van der Waals surface area contributed by atoms with Crippen LogP contribution in [-0.2, 0) is 14.6 Å². The monoisotopic (exact) mass is 390 g/mol. The van der Waals surface area contributed by atoms with Crippen LogP contribution in [-0.4, -0.2) is 30.3 Å². The summed E-state index contributed by atoms with van der Waals surface area (Å²) in [4.78, 5) is 12.2. The molecule has 0 radical (unpaired) electrons. The molecule has 0 aliphatic heterocycles. The third-order valence-corrected chi connectivity index (χ3v) is 6.56. The predicted molar refractivity (Wildman–Crippen MR) is 100 cm³/mol. The number of nitriles is 1. The number of carbonyl (C=O) groups excluding carboxylic acids is 1. The molecule has 0 fully saturated rings. The van der Waals surface area contributed by atoms with Crippen molar-refractivity contribution in [1.82, 2.24) is 10.2 Å². The summed E-state index contributed by atoms with van der Waals surface area (Å²) in [6.45, 7) is 5.51. The molecule has 7 nitrogen and oxygen atoms in total. The molecule has 0 bridgehead atoms. The van der Waals surface area contributed by atoms with E-state index in [9.17, 15) is 18.5 Å². The van der Waals surface area contributed by atoms with Crippen molar-refractivity contribution in [2.45, 2.75) is 25.1 Å². The summed E-state index contributed by atoms with van der Waals surface area (Å²) in [5.74, 6) is -0.770. The Morgan fingerprint density at radius 3 is 2.54 bits per heavy atom. The lowest BCUT2D eigenvalue weighted by Gasteiger charge is -2.02. The maximum Gasteiger partial charge on any atom is 0.268 e. The number of benzene rings is 1. The second kappa shape index (κ2) is 8.21. The summed E-state index contributed by atoms with van der Waals surface area (Å²) in [6.07, 6.45) is 1.45. The van der Waals surface area contributed by atoms with Crippen molar-refractivity contribution in [2.24, 2.45) is 5.92 Å². The molecular formula is C17H18N4O3S2. The number of nitrogens with one attached hydrogen (secondary N) is 1. The fourth-order valence-corrected chi connectivity index (χ4v) is 4.65. The van der Waals surface area contributed by atoms with Gasteiger partial charge in [-0.3, -0.25) is 10.1 Å². The van der Waals surface area contributed by atoms with Crippen LogP contribution in [0.25, 0.3) is 6.08 Å². The Morgan fingerprint density at radius 2 is 1.96 bits per heavy atom. The summed E-state index contributed by atoms with van der Waals surface area (Å²) >= 11 is 0.768. The van der Waals surface area contributed by atoms with Crippen LogP contribution in [0.3, 0.4) is 0 Å². The van der Waals surface area contributed by atoms with E-state index in [0.29, 0.717) is 5.56 Å². The maximum absolute atomic E-state index is 12.2. The van der Waals surface area contributed by atoms with E-state index in [4.69, 9.17) is 0 Å². The van der Waals surface area contributed by atoms with Crippen molar-refractivity contribution in [3.05, 3.63) is 41.0 Å². The van der Waals surface area contributed by atoms with Crippen molar-refractivity contribution in [3.63, 3.8) is 0 Å². The van der Waals surface area contributed by atoms with Gasteiger partial charge in [0, 0.05) is 0 Å². The van der Waals surface area contributed by atoms with Crippen LogP contribution in [0, 0.1) is 24.2 Å². The molecule has 26 heavy (non-hydrogen) atoms.